The first-order valence-electron chi connectivity index (χ1n) is 3.63. The van der Waals surface area contributed by atoms with Gasteiger partial charge in [0, 0.05) is 0 Å². The second-order valence-electron chi connectivity index (χ2n) is 2.22. The number of carbonyl (C=O) groups excluding carboxylic acids is 1. The molecular weight excluding hydrogens is 176 g/mol. The van der Waals surface area contributed by atoms with E-state index in [4.69, 9.17) is 5.11 Å². The molecule has 0 aliphatic carbocycles. The van der Waals surface area contributed by atoms with Gasteiger partial charge in [-0.3, -0.25) is 0 Å². The van der Waals surface area contributed by atoms with Gasteiger partial charge in [0.05, 0.1) is 6.61 Å². The Hall–Kier alpha value is -1.78. The van der Waals surface area contributed by atoms with E-state index in [1.807, 2.05) is 0 Å². The van der Waals surface area contributed by atoms with Crippen molar-refractivity contribution < 1.29 is 23.8 Å². The summed E-state index contributed by atoms with van der Waals surface area (Å²) >= 11 is 0. The molecule has 0 aliphatic rings. The van der Waals surface area contributed by atoms with E-state index in [0.717, 1.165) is 12.5 Å². The van der Waals surface area contributed by atoms with Crippen molar-refractivity contribution in [3.05, 3.63) is 23.7 Å². The molecule has 1 rings (SSSR count). The minimum Gasteiger partial charge on any atom is -0.478 e. The Labute approximate surface area is 73.9 Å². The first-order chi connectivity index (χ1) is 6.16. The number of hydrogen-bond donors (Lipinski definition) is 1. The maximum Gasteiger partial charge on any atom is 0.342 e. The largest absolute Gasteiger partial charge is 0.478 e. The van der Waals surface area contributed by atoms with Crippen LogP contribution in [0.3, 0.4) is 0 Å². The molecule has 0 saturated carbocycles. The molecule has 0 saturated heterocycles. The van der Waals surface area contributed by atoms with Crippen LogP contribution in [0.25, 0.3) is 0 Å². The van der Waals surface area contributed by atoms with Crippen molar-refractivity contribution in [3.8, 4) is 0 Å². The first-order valence-corrected chi connectivity index (χ1v) is 3.63. The van der Waals surface area contributed by atoms with E-state index >= 15 is 0 Å². The van der Waals surface area contributed by atoms with E-state index in [1.165, 1.54) is 0 Å². The van der Waals surface area contributed by atoms with Crippen LogP contribution in [0.2, 0.25) is 0 Å². The van der Waals surface area contributed by atoms with Crippen LogP contribution in [0.15, 0.2) is 16.9 Å². The molecule has 0 atom stereocenters. The molecule has 0 fully saturated rings. The van der Waals surface area contributed by atoms with Gasteiger partial charge in [0.25, 0.3) is 0 Å². The van der Waals surface area contributed by atoms with Gasteiger partial charge < -0.3 is 14.3 Å². The van der Waals surface area contributed by atoms with Crippen molar-refractivity contribution in [1.82, 2.24) is 0 Å². The van der Waals surface area contributed by atoms with Crippen LogP contribution >= 0.6 is 0 Å². The summed E-state index contributed by atoms with van der Waals surface area (Å²) < 4.78 is 9.21. The van der Waals surface area contributed by atoms with Gasteiger partial charge in [-0.05, 0) is 6.92 Å². The zero-order valence-corrected chi connectivity index (χ0v) is 6.94. The molecule has 70 valence electrons. The van der Waals surface area contributed by atoms with Gasteiger partial charge in [0.15, 0.2) is 0 Å². The number of carbonyl (C=O) groups is 2. The predicted molar refractivity (Wildman–Crippen MR) is 41.6 cm³/mol. The molecule has 1 heterocycles. The molecule has 1 N–H and O–H groups in total. The van der Waals surface area contributed by atoms with E-state index in [-0.39, 0.29) is 17.7 Å². The summed E-state index contributed by atoms with van der Waals surface area (Å²) in [6, 6.07) is 0. The van der Waals surface area contributed by atoms with Crippen LogP contribution < -0.4 is 0 Å². The highest BCUT2D eigenvalue weighted by atomic mass is 16.5. The lowest BCUT2D eigenvalue weighted by atomic mass is 10.2. The van der Waals surface area contributed by atoms with E-state index in [9.17, 15) is 9.59 Å². The van der Waals surface area contributed by atoms with Gasteiger partial charge in [0.1, 0.15) is 23.7 Å². The molecule has 0 unspecified atom stereocenters. The Morgan fingerprint density at radius 3 is 2.62 bits per heavy atom. The number of furan rings is 1. The Morgan fingerprint density at radius 2 is 2.08 bits per heavy atom. The summed E-state index contributed by atoms with van der Waals surface area (Å²) in [5, 5.41) is 8.60. The SMILES string of the molecule is CCOC(=O)c1cocc1C(=O)O. The summed E-state index contributed by atoms with van der Waals surface area (Å²) in [7, 11) is 0. The average Bonchev–Trinajstić information content (AvgIpc) is 2.52. The molecular formula is C8H8O5. The number of aromatic carboxylic acids is 1. The monoisotopic (exact) mass is 184 g/mol. The van der Waals surface area contributed by atoms with Crippen molar-refractivity contribution in [2.75, 3.05) is 6.61 Å². The van der Waals surface area contributed by atoms with Gasteiger partial charge in [-0.1, -0.05) is 0 Å². The summed E-state index contributed by atoms with van der Waals surface area (Å²) in [6.07, 6.45) is 2.05. The van der Waals surface area contributed by atoms with Crippen molar-refractivity contribution in [1.29, 1.82) is 0 Å². The molecule has 5 nitrogen and oxygen atoms in total. The molecule has 13 heavy (non-hydrogen) atoms. The highest BCUT2D eigenvalue weighted by Gasteiger charge is 2.19. The second-order valence-corrected chi connectivity index (χ2v) is 2.22. The molecule has 1 aromatic heterocycles. The third-order valence-corrected chi connectivity index (χ3v) is 1.39. The van der Waals surface area contributed by atoms with Crippen LogP contribution in [-0.4, -0.2) is 23.7 Å². The third-order valence-electron chi connectivity index (χ3n) is 1.39. The van der Waals surface area contributed by atoms with Crippen LogP contribution in [0, 0.1) is 0 Å². The van der Waals surface area contributed by atoms with E-state index in [2.05, 4.69) is 9.15 Å². The van der Waals surface area contributed by atoms with Crippen molar-refractivity contribution >= 4 is 11.9 Å². The molecule has 0 spiro atoms. The summed E-state index contributed by atoms with van der Waals surface area (Å²) in [4.78, 5) is 21.6. The Balaban J connectivity index is 2.93. The molecule has 1 aromatic rings. The number of rotatable bonds is 3. The predicted octanol–water partition coefficient (Wildman–Crippen LogP) is 1.15. The van der Waals surface area contributed by atoms with E-state index in [1.54, 1.807) is 6.92 Å². The van der Waals surface area contributed by atoms with Crippen molar-refractivity contribution in [3.63, 3.8) is 0 Å². The third kappa shape index (κ3) is 1.87. The molecule has 0 radical (unpaired) electrons. The van der Waals surface area contributed by atoms with Gasteiger partial charge in [-0.2, -0.15) is 0 Å². The molecule has 0 aliphatic heterocycles. The fourth-order valence-corrected chi connectivity index (χ4v) is 0.830. The molecule has 0 aromatic carbocycles. The normalized spacial score (nSPS) is 9.62. The highest BCUT2D eigenvalue weighted by molar-refractivity contribution is 6.01. The summed E-state index contributed by atoms with van der Waals surface area (Å²) in [5.74, 6) is -1.90. The van der Waals surface area contributed by atoms with Crippen molar-refractivity contribution in [2.24, 2.45) is 0 Å². The Kier molecular flexibility index (Phi) is 2.69. The van der Waals surface area contributed by atoms with Gasteiger partial charge in [-0.15, -0.1) is 0 Å². The molecule has 5 heteroatoms. The van der Waals surface area contributed by atoms with Gasteiger partial charge in [0.2, 0.25) is 0 Å². The fraction of sp³-hybridized carbons (Fsp3) is 0.250. The zero-order chi connectivity index (χ0) is 9.84. The highest BCUT2D eigenvalue weighted by Crippen LogP contribution is 2.11. The fourth-order valence-electron chi connectivity index (χ4n) is 0.830. The Bertz CT molecular complexity index is 325. The van der Waals surface area contributed by atoms with E-state index in [0.29, 0.717) is 0 Å². The number of carboxylic acid groups (broad SMARTS) is 1. The lowest BCUT2D eigenvalue weighted by molar-refractivity contribution is 0.0515. The van der Waals surface area contributed by atoms with Gasteiger partial charge in [-0.25, -0.2) is 9.59 Å². The summed E-state index contributed by atoms with van der Waals surface area (Å²) in [6.45, 7) is 1.83. The zero-order valence-electron chi connectivity index (χ0n) is 6.94. The quantitative estimate of drug-likeness (QED) is 0.713. The van der Waals surface area contributed by atoms with Crippen LogP contribution in [0.1, 0.15) is 27.6 Å². The lowest BCUT2D eigenvalue weighted by Crippen LogP contribution is -2.08. The number of esters is 1. The maximum absolute atomic E-state index is 11.1. The van der Waals surface area contributed by atoms with Crippen LogP contribution in [0.4, 0.5) is 0 Å². The average molecular weight is 184 g/mol. The first kappa shape index (κ1) is 9.31. The minimum absolute atomic E-state index is 0.0608. The van der Waals surface area contributed by atoms with Gasteiger partial charge >= 0.3 is 11.9 Å². The summed E-state index contributed by atoms with van der Waals surface area (Å²) in [5.41, 5.74) is -0.243. The Morgan fingerprint density at radius 1 is 1.46 bits per heavy atom. The second kappa shape index (κ2) is 3.75. The van der Waals surface area contributed by atoms with Crippen LogP contribution in [-0.2, 0) is 4.74 Å². The molecule has 0 bridgehead atoms. The standard InChI is InChI=1S/C8H8O5/c1-2-13-8(11)6-4-12-3-5(6)7(9)10/h3-4H,2H2,1H3,(H,9,10). The minimum atomic E-state index is -1.21. The van der Waals surface area contributed by atoms with Crippen LogP contribution in [0.5, 0.6) is 0 Å². The lowest BCUT2D eigenvalue weighted by Gasteiger charge is -1.98. The number of hydrogen-bond acceptors (Lipinski definition) is 4. The van der Waals surface area contributed by atoms with E-state index < -0.39 is 11.9 Å². The molecule has 0 amide bonds. The number of carboxylic acids is 1. The topological polar surface area (TPSA) is 76.7 Å². The smallest absolute Gasteiger partial charge is 0.342 e. The maximum atomic E-state index is 11.1. The van der Waals surface area contributed by atoms with Crippen molar-refractivity contribution in [2.45, 2.75) is 6.92 Å². The number of ether oxygens (including phenoxy) is 1.